The minimum atomic E-state index is -4.63. The second kappa shape index (κ2) is 16.6. The smallest absolute Gasteiger partial charge is 0.744 e. The van der Waals surface area contributed by atoms with Crippen LogP contribution in [0.1, 0.15) is 6.92 Å². The van der Waals surface area contributed by atoms with Crippen LogP contribution in [0.4, 0.5) is 33.2 Å². The molecule has 14 nitrogen and oxygen atoms in total. The van der Waals surface area contributed by atoms with Crippen molar-refractivity contribution < 1.29 is 96.3 Å². The molecule has 3 aromatic rings. The van der Waals surface area contributed by atoms with E-state index in [1.165, 1.54) is 44.4 Å². The van der Waals surface area contributed by atoms with Crippen molar-refractivity contribution in [2.45, 2.75) is 11.8 Å². The number of methoxy groups -OCH3 is 1. The minimum absolute atomic E-state index is 0. The molecule has 4 rings (SSSR count). The zero-order valence-electron chi connectivity index (χ0n) is 24.5. The number of aliphatic carboxylic acids is 1. The fourth-order valence-corrected chi connectivity index (χ4v) is 4.19. The van der Waals surface area contributed by atoms with Crippen molar-refractivity contribution in [3.63, 3.8) is 0 Å². The third-order valence-corrected chi connectivity index (χ3v) is 6.59. The molecule has 0 saturated heterocycles. The molecular formula is C28H22N6Na2O8S. The van der Waals surface area contributed by atoms with Crippen molar-refractivity contribution in [2.75, 3.05) is 23.2 Å². The van der Waals surface area contributed by atoms with E-state index in [1.807, 2.05) is 0 Å². The predicted octanol–water partition coefficient (Wildman–Crippen LogP) is -2.36. The quantitative estimate of drug-likeness (QED) is 0.0565. The van der Waals surface area contributed by atoms with Gasteiger partial charge in [0, 0.05) is 17.3 Å². The van der Waals surface area contributed by atoms with Crippen LogP contribution in [0.25, 0.3) is 0 Å². The minimum Gasteiger partial charge on any atom is -0.744 e. The van der Waals surface area contributed by atoms with Crippen LogP contribution < -0.4 is 85.0 Å². The third kappa shape index (κ3) is 10.4. The van der Waals surface area contributed by atoms with E-state index < -0.39 is 38.4 Å². The Morgan fingerprint density at radius 2 is 1.51 bits per heavy atom. The summed E-state index contributed by atoms with van der Waals surface area (Å²) in [6, 6.07) is 15.6. The molecule has 0 unspecified atom stereocenters. The zero-order chi connectivity index (χ0) is 31.1. The summed E-state index contributed by atoms with van der Waals surface area (Å²) < 4.78 is 38.9. The number of carboxylic acid groups (broad SMARTS) is 1. The number of amides is 2. The van der Waals surface area contributed by atoms with Crippen LogP contribution in [0.5, 0.6) is 5.75 Å². The van der Waals surface area contributed by atoms with E-state index in [0.29, 0.717) is 22.7 Å². The molecule has 220 valence electrons. The second-order valence-corrected chi connectivity index (χ2v) is 10.2. The summed E-state index contributed by atoms with van der Waals surface area (Å²) >= 11 is 0. The number of azo groups is 1. The summed E-state index contributed by atoms with van der Waals surface area (Å²) in [5.41, 5.74) is 4.50. The number of anilines is 3. The summed E-state index contributed by atoms with van der Waals surface area (Å²) in [4.78, 5) is 35.2. The molecule has 0 bridgehead atoms. The van der Waals surface area contributed by atoms with Crippen LogP contribution in [0.3, 0.4) is 0 Å². The van der Waals surface area contributed by atoms with Gasteiger partial charge in [0.05, 0.1) is 46.4 Å². The number of urea groups is 1. The number of rotatable bonds is 9. The van der Waals surface area contributed by atoms with Gasteiger partial charge in [0.15, 0.2) is 5.78 Å². The summed E-state index contributed by atoms with van der Waals surface area (Å²) in [5, 5.41) is 28.5. The van der Waals surface area contributed by atoms with Crippen molar-refractivity contribution in [2.24, 2.45) is 15.3 Å². The SMILES string of the molecule is COc1cc(N=Nc2cccc(S(=O)(=O)[O-])c2)ccc1NC(=O)Nc1ccc(N/N=C2/C=C(C)C(=O)C(C(=O)[O-])=C2)cc1.[Na+].[Na+]. The number of Topliss-reactive ketones (excluding diaryl/α,β-unsaturated/α-hetero) is 1. The first kappa shape index (κ1) is 37.5. The number of nitrogens with zero attached hydrogens (tertiary/aromatic N) is 3. The molecule has 0 fully saturated rings. The van der Waals surface area contributed by atoms with Crippen LogP contribution in [-0.2, 0) is 19.7 Å². The second-order valence-electron chi connectivity index (χ2n) is 8.84. The standard InChI is InChI=1S/C28H24N6O8S.2Na/c1-16-12-21(14-23(26(16)35)27(36)37)34-31-18-8-6-17(7-9-18)29-28(38)30-24-11-10-20(15-25(24)42-2)33-32-19-4-3-5-22(13-19)43(39,40)41;;/h3-15,31H,1-2H3,(H,36,37)(H2,29,30,38)(H,39,40,41);;/q;2*+1/p-2/b33-32?,34-21-;;. The van der Waals surface area contributed by atoms with Gasteiger partial charge in [0.1, 0.15) is 15.9 Å². The van der Waals surface area contributed by atoms with Crippen LogP contribution >= 0.6 is 0 Å². The fourth-order valence-electron chi connectivity index (χ4n) is 3.67. The van der Waals surface area contributed by atoms with Crippen molar-refractivity contribution in [1.82, 2.24) is 0 Å². The number of hydrogen-bond donors (Lipinski definition) is 3. The zero-order valence-corrected chi connectivity index (χ0v) is 29.3. The molecule has 3 N–H and O–H groups in total. The number of nitrogens with one attached hydrogen (secondary N) is 3. The Balaban J connectivity index is 0.00000353. The van der Waals surface area contributed by atoms with Crippen LogP contribution in [0, 0.1) is 0 Å². The number of carboxylic acids is 1. The Bertz CT molecular complexity index is 1840. The van der Waals surface area contributed by atoms with Gasteiger partial charge >= 0.3 is 65.1 Å². The molecule has 17 heteroatoms. The van der Waals surface area contributed by atoms with E-state index in [1.54, 1.807) is 30.3 Å². The van der Waals surface area contributed by atoms with Gasteiger partial charge in [-0.3, -0.25) is 10.2 Å². The number of ketones is 1. The maximum absolute atomic E-state index is 12.6. The number of allylic oxidation sites excluding steroid dienone is 3. The first-order valence-corrected chi connectivity index (χ1v) is 13.7. The van der Waals surface area contributed by atoms with Crippen molar-refractivity contribution in [3.05, 3.63) is 90.0 Å². The molecule has 3 aromatic carbocycles. The normalized spacial score (nSPS) is 13.6. The van der Waals surface area contributed by atoms with Gasteiger partial charge in [-0.05, 0) is 79.2 Å². The molecule has 0 spiro atoms. The summed E-state index contributed by atoms with van der Waals surface area (Å²) in [7, 11) is -3.24. The van der Waals surface area contributed by atoms with E-state index in [9.17, 15) is 32.5 Å². The number of hydrazone groups is 1. The Morgan fingerprint density at radius 1 is 0.867 bits per heavy atom. The molecule has 0 radical (unpaired) electrons. The largest absolute Gasteiger partial charge is 1.00 e. The monoisotopic (exact) mass is 648 g/mol. The number of hydrogen-bond acceptors (Lipinski definition) is 12. The molecular weight excluding hydrogens is 626 g/mol. The van der Waals surface area contributed by atoms with Crippen molar-refractivity contribution >= 4 is 62.1 Å². The Morgan fingerprint density at radius 3 is 2.13 bits per heavy atom. The maximum atomic E-state index is 12.6. The van der Waals surface area contributed by atoms with Gasteiger partial charge in [-0.2, -0.15) is 15.3 Å². The number of benzene rings is 3. The third-order valence-electron chi connectivity index (χ3n) is 5.76. The molecule has 2 amide bonds. The van der Waals surface area contributed by atoms with E-state index in [2.05, 4.69) is 31.4 Å². The average molecular weight is 649 g/mol. The van der Waals surface area contributed by atoms with Crippen LogP contribution in [0.2, 0.25) is 0 Å². The first-order chi connectivity index (χ1) is 20.4. The fraction of sp³-hybridized carbons (Fsp3) is 0.0714. The molecule has 0 atom stereocenters. The molecule has 0 aromatic heterocycles. The molecule has 45 heavy (non-hydrogen) atoms. The Hall–Kier alpha value is -3.67. The molecule has 1 aliphatic rings. The number of carbonyl (C=O) groups is 3. The topological polar surface area (TPSA) is 214 Å². The van der Waals surface area contributed by atoms with Gasteiger partial charge in [0.2, 0.25) is 0 Å². The van der Waals surface area contributed by atoms with Gasteiger partial charge < -0.3 is 29.8 Å². The van der Waals surface area contributed by atoms with Crippen LogP contribution in [-0.4, -0.2) is 43.6 Å². The Kier molecular flexibility index (Phi) is 13.8. The first-order valence-electron chi connectivity index (χ1n) is 12.3. The van der Waals surface area contributed by atoms with Gasteiger partial charge in [-0.15, -0.1) is 0 Å². The summed E-state index contributed by atoms with van der Waals surface area (Å²) in [6.07, 6.45) is 2.56. The molecule has 1 aliphatic carbocycles. The van der Waals surface area contributed by atoms with Crippen molar-refractivity contribution in [1.29, 1.82) is 0 Å². The summed E-state index contributed by atoms with van der Waals surface area (Å²) in [5.74, 6) is -1.95. The van der Waals surface area contributed by atoms with Gasteiger partial charge in [-0.1, -0.05) is 6.07 Å². The predicted molar refractivity (Wildman–Crippen MR) is 154 cm³/mol. The van der Waals surface area contributed by atoms with Crippen LogP contribution in [0.15, 0.2) is 110 Å². The van der Waals surface area contributed by atoms with Gasteiger partial charge in [0.25, 0.3) is 0 Å². The molecule has 0 saturated carbocycles. The summed E-state index contributed by atoms with van der Waals surface area (Å²) in [6.45, 7) is 1.48. The van der Waals surface area contributed by atoms with E-state index in [-0.39, 0.29) is 81.8 Å². The Labute approximate surface area is 302 Å². The van der Waals surface area contributed by atoms with E-state index >= 15 is 0 Å². The van der Waals surface area contributed by atoms with E-state index in [0.717, 1.165) is 18.2 Å². The number of carbonyl (C=O) groups excluding carboxylic acids is 3. The molecule has 0 heterocycles. The molecule has 0 aliphatic heterocycles. The number of ether oxygens (including phenoxy) is 1. The van der Waals surface area contributed by atoms with Gasteiger partial charge in [-0.25, -0.2) is 13.2 Å². The maximum Gasteiger partial charge on any atom is 1.00 e. The van der Waals surface area contributed by atoms with Crippen molar-refractivity contribution in [3.8, 4) is 5.75 Å². The average Bonchev–Trinajstić information content (AvgIpc) is 2.97. The van der Waals surface area contributed by atoms with E-state index in [4.69, 9.17) is 4.74 Å².